The third kappa shape index (κ3) is 4.04. The molecule has 4 saturated carbocycles. The number of hydrogen-bond donors (Lipinski definition) is 4. The molecule has 10 atom stereocenters. The van der Waals surface area contributed by atoms with Gasteiger partial charge in [-0.3, -0.25) is 19.2 Å². The van der Waals surface area contributed by atoms with Crippen molar-refractivity contribution < 1.29 is 53.8 Å². The van der Waals surface area contributed by atoms with Crippen LogP contribution in [0.25, 0.3) is 0 Å². The summed E-state index contributed by atoms with van der Waals surface area (Å²) in [5.74, 6) is -5.24. The molecule has 0 aromatic heterocycles. The summed E-state index contributed by atoms with van der Waals surface area (Å²) >= 11 is 0. The smallest absolute Gasteiger partial charge is 0.307 e. The number of carbonyl (C=O) groups is 4. The summed E-state index contributed by atoms with van der Waals surface area (Å²) in [6, 6.07) is 0. The molecule has 0 aliphatic heterocycles. The molecule has 0 bridgehead atoms. The van der Waals surface area contributed by atoms with Crippen LogP contribution in [0, 0.1) is 28.6 Å². The van der Waals surface area contributed by atoms with Gasteiger partial charge in [-0.05, 0) is 38.0 Å². The molecule has 4 aliphatic rings. The predicted octanol–water partition coefficient (Wildman–Crippen LogP) is 0.947. The summed E-state index contributed by atoms with van der Waals surface area (Å²) in [5, 5.41) is 46.0. The average molecular weight is 527 g/mol. The highest BCUT2D eigenvalue weighted by Crippen LogP contribution is 2.70. The van der Waals surface area contributed by atoms with Crippen LogP contribution >= 0.6 is 0 Å². The number of carboxylic acids is 1. The van der Waals surface area contributed by atoms with Crippen molar-refractivity contribution in [3.05, 3.63) is 0 Å². The predicted molar refractivity (Wildman–Crippen MR) is 125 cm³/mol. The Morgan fingerprint density at radius 2 is 1.57 bits per heavy atom. The molecular formula is C26H38O11. The van der Waals surface area contributed by atoms with Crippen LogP contribution in [0.5, 0.6) is 0 Å². The molecule has 0 amide bonds. The monoisotopic (exact) mass is 526 g/mol. The van der Waals surface area contributed by atoms with Crippen molar-refractivity contribution in [3.8, 4) is 0 Å². The highest BCUT2D eigenvalue weighted by molar-refractivity contribution is 5.72. The number of aliphatic carboxylic acids is 1. The zero-order chi connectivity index (χ0) is 27.6. The molecule has 0 saturated heterocycles. The minimum Gasteiger partial charge on any atom is -0.481 e. The number of hydrogen-bond acceptors (Lipinski definition) is 10. The Labute approximate surface area is 215 Å². The van der Waals surface area contributed by atoms with Crippen LogP contribution in [0.2, 0.25) is 0 Å². The molecule has 4 aliphatic carbocycles. The van der Waals surface area contributed by atoms with Gasteiger partial charge in [-0.1, -0.05) is 6.92 Å². The van der Waals surface area contributed by atoms with E-state index in [2.05, 4.69) is 0 Å². The lowest BCUT2D eigenvalue weighted by atomic mass is 9.40. The lowest BCUT2D eigenvalue weighted by molar-refractivity contribution is -0.319. The van der Waals surface area contributed by atoms with E-state index in [0.29, 0.717) is 0 Å². The third-order valence-corrected chi connectivity index (χ3v) is 10.1. The van der Waals surface area contributed by atoms with Gasteiger partial charge in [0.05, 0.1) is 28.6 Å². The van der Waals surface area contributed by atoms with Crippen LogP contribution in [0.3, 0.4) is 0 Å². The number of fused-ring (bicyclic) bond motifs is 5. The van der Waals surface area contributed by atoms with E-state index in [1.807, 2.05) is 0 Å². The second-order valence-electron chi connectivity index (χ2n) is 11.8. The van der Waals surface area contributed by atoms with E-state index in [-0.39, 0.29) is 44.9 Å². The lowest BCUT2D eigenvalue weighted by Gasteiger charge is -2.68. The maximum atomic E-state index is 12.3. The number of rotatable bonds is 5. The Bertz CT molecular complexity index is 982. The summed E-state index contributed by atoms with van der Waals surface area (Å²) in [6.07, 6.45) is -2.42. The summed E-state index contributed by atoms with van der Waals surface area (Å²) in [5.41, 5.74) is -5.85. The van der Waals surface area contributed by atoms with Crippen molar-refractivity contribution in [1.29, 1.82) is 0 Å². The first-order chi connectivity index (χ1) is 17.1. The molecule has 0 spiro atoms. The van der Waals surface area contributed by atoms with Crippen LogP contribution < -0.4 is 0 Å². The first-order valence-electron chi connectivity index (χ1n) is 12.9. The number of esters is 3. The van der Waals surface area contributed by atoms with Gasteiger partial charge in [-0.25, -0.2) is 0 Å². The maximum Gasteiger partial charge on any atom is 0.307 e. The molecule has 4 rings (SSSR count). The molecule has 11 heteroatoms. The Kier molecular flexibility index (Phi) is 6.91. The zero-order valence-electron chi connectivity index (χ0n) is 21.8. The van der Waals surface area contributed by atoms with Crippen LogP contribution in [0.4, 0.5) is 0 Å². The second kappa shape index (κ2) is 9.20. The summed E-state index contributed by atoms with van der Waals surface area (Å²) < 4.78 is 16.6. The maximum absolute atomic E-state index is 12.3. The molecule has 11 nitrogen and oxygen atoms in total. The van der Waals surface area contributed by atoms with Gasteiger partial charge in [0.2, 0.25) is 0 Å². The molecule has 0 aromatic carbocycles. The van der Waals surface area contributed by atoms with Gasteiger partial charge in [0, 0.05) is 44.9 Å². The second-order valence-corrected chi connectivity index (χ2v) is 11.8. The van der Waals surface area contributed by atoms with Crippen molar-refractivity contribution in [3.63, 3.8) is 0 Å². The third-order valence-electron chi connectivity index (χ3n) is 10.1. The number of aliphatic hydroxyl groups excluding tert-OH is 1. The van der Waals surface area contributed by atoms with Gasteiger partial charge in [-0.2, -0.15) is 0 Å². The van der Waals surface area contributed by atoms with E-state index in [0.717, 1.165) is 0 Å². The number of carboxylic acid groups (broad SMARTS) is 1. The van der Waals surface area contributed by atoms with E-state index in [9.17, 15) is 39.6 Å². The Morgan fingerprint density at radius 3 is 2.14 bits per heavy atom. The highest BCUT2D eigenvalue weighted by Gasteiger charge is 2.77. The molecule has 37 heavy (non-hydrogen) atoms. The van der Waals surface area contributed by atoms with E-state index >= 15 is 0 Å². The Morgan fingerprint density at radius 1 is 0.919 bits per heavy atom. The van der Waals surface area contributed by atoms with Crippen molar-refractivity contribution in [2.75, 3.05) is 6.61 Å². The minimum absolute atomic E-state index is 0.000784. The van der Waals surface area contributed by atoms with E-state index in [1.165, 1.54) is 20.8 Å². The first kappa shape index (κ1) is 27.8. The molecule has 4 fully saturated rings. The number of ether oxygens (including phenoxy) is 3. The van der Waals surface area contributed by atoms with Gasteiger partial charge < -0.3 is 34.6 Å². The Balaban J connectivity index is 1.88. The molecule has 0 aromatic rings. The van der Waals surface area contributed by atoms with Crippen LogP contribution in [-0.2, 0) is 33.4 Å². The van der Waals surface area contributed by atoms with Crippen molar-refractivity contribution in [2.24, 2.45) is 28.6 Å². The van der Waals surface area contributed by atoms with Crippen molar-refractivity contribution in [2.45, 2.75) is 102 Å². The minimum atomic E-state index is -1.69. The van der Waals surface area contributed by atoms with Gasteiger partial charge in [0.1, 0.15) is 18.8 Å². The number of aliphatic hydroxyl groups is 3. The normalized spacial score (nSPS) is 46.6. The average Bonchev–Trinajstić information content (AvgIpc) is 3.02. The lowest BCUT2D eigenvalue weighted by Crippen LogP contribution is -2.76. The van der Waals surface area contributed by atoms with Crippen LogP contribution in [-0.4, -0.2) is 80.4 Å². The number of carbonyl (C=O) groups excluding carboxylic acids is 3. The van der Waals surface area contributed by atoms with E-state index in [4.69, 9.17) is 14.2 Å². The zero-order valence-corrected chi connectivity index (χ0v) is 21.8. The topological polar surface area (TPSA) is 177 Å². The molecule has 0 radical (unpaired) electrons. The quantitative estimate of drug-likeness (QED) is 0.296. The van der Waals surface area contributed by atoms with Crippen molar-refractivity contribution in [1.82, 2.24) is 0 Å². The van der Waals surface area contributed by atoms with E-state index in [1.54, 1.807) is 6.92 Å². The SMILES string of the molecule is CC(=O)OC[C@@]12[C@@H]3[C@@H](CC[C@@]1(O)C[C@H](OC(C)=O)C[C@H]2O)[C@]1(O)CC[C@H](C(=O)O)[C@@]1(C)C[C@H]3OC(C)=O. The fourth-order valence-corrected chi connectivity index (χ4v) is 8.69. The van der Waals surface area contributed by atoms with Gasteiger partial charge >= 0.3 is 23.9 Å². The highest BCUT2D eigenvalue weighted by atomic mass is 16.6. The van der Waals surface area contributed by atoms with Crippen LogP contribution in [0.1, 0.15) is 72.6 Å². The van der Waals surface area contributed by atoms with Gasteiger partial charge in [0.15, 0.2) is 0 Å². The van der Waals surface area contributed by atoms with Gasteiger partial charge in [0.25, 0.3) is 0 Å². The first-order valence-corrected chi connectivity index (χ1v) is 12.9. The molecular weight excluding hydrogens is 488 g/mol. The van der Waals surface area contributed by atoms with Crippen LogP contribution in [0.15, 0.2) is 0 Å². The summed E-state index contributed by atoms with van der Waals surface area (Å²) in [6.45, 7) is 4.97. The van der Waals surface area contributed by atoms with Crippen molar-refractivity contribution >= 4 is 23.9 Å². The summed E-state index contributed by atoms with van der Waals surface area (Å²) in [7, 11) is 0. The molecule has 4 N–H and O–H groups in total. The fraction of sp³-hybridized carbons (Fsp3) is 0.846. The largest absolute Gasteiger partial charge is 0.481 e. The molecule has 0 unspecified atom stereocenters. The Hall–Kier alpha value is -2.24. The molecule has 208 valence electrons. The summed E-state index contributed by atoms with van der Waals surface area (Å²) in [4.78, 5) is 48.1. The molecule has 0 heterocycles. The van der Waals surface area contributed by atoms with Gasteiger partial charge in [-0.15, -0.1) is 0 Å². The fourth-order valence-electron chi connectivity index (χ4n) is 8.69. The standard InChI is InChI=1S/C26H38O11/c1-13(27)35-12-25-20(30)9-16(36-14(2)28)10-24(25,33)7-5-17-21(25)19(37-15(3)29)11-23(4)18(22(31)32)6-8-26(17,23)34/h16-21,30,33-34H,5-12H2,1-4H3,(H,31,32)/t16-,17-,18-,19-,20-,21-,23-,24-,25-,26-/m1/s1. The van der Waals surface area contributed by atoms with E-state index < -0.39 is 88.6 Å².